The van der Waals surface area contributed by atoms with E-state index in [9.17, 15) is 9.59 Å². The minimum absolute atomic E-state index is 0.0219. The van der Waals surface area contributed by atoms with Crippen LogP contribution in [0.3, 0.4) is 0 Å². The second-order valence-electron chi connectivity index (χ2n) is 6.50. The first-order valence-electron chi connectivity index (χ1n) is 9.20. The molecule has 0 aliphatic heterocycles. The number of benzene rings is 2. The number of hydrogen-bond donors (Lipinski definition) is 2. The van der Waals surface area contributed by atoms with E-state index in [0.29, 0.717) is 30.6 Å². The first kappa shape index (κ1) is 19.3. The molecule has 0 bridgehead atoms. The Morgan fingerprint density at radius 3 is 2.68 bits per heavy atom. The van der Waals surface area contributed by atoms with Gasteiger partial charge < -0.3 is 10.6 Å². The number of carbonyl (C=O) groups is 2. The van der Waals surface area contributed by atoms with Gasteiger partial charge in [-0.2, -0.15) is 5.10 Å². The fourth-order valence-corrected chi connectivity index (χ4v) is 2.83. The Hall–Kier alpha value is -3.48. The molecule has 0 fully saturated rings. The predicted octanol–water partition coefficient (Wildman–Crippen LogP) is 3.19. The molecule has 28 heavy (non-hydrogen) atoms. The molecule has 3 aromatic rings. The molecule has 144 valence electrons. The Morgan fingerprint density at radius 2 is 1.93 bits per heavy atom. The lowest BCUT2D eigenvalue weighted by atomic mass is 10.1. The summed E-state index contributed by atoms with van der Waals surface area (Å²) in [5, 5.41) is 9.90. The highest BCUT2D eigenvalue weighted by Crippen LogP contribution is 2.18. The average molecular weight is 377 g/mol. The van der Waals surface area contributed by atoms with Crippen LogP contribution in [0.25, 0.3) is 0 Å². The molecule has 0 spiro atoms. The molecule has 7 heteroatoms. The van der Waals surface area contributed by atoms with Crippen molar-refractivity contribution in [2.45, 2.75) is 32.4 Å². The number of aryl methyl sites for hydroxylation is 1. The maximum absolute atomic E-state index is 12.3. The molecule has 1 heterocycles. The van der Waals surface area contributed by atoms with Crippen molar-refractivity contribution in [3.05, 3.63) is 78.4 Å². The molecule has 0 aliphatic carbocycles. The number of carbonyl (C=O) groups excluding carboxylic acids is 2. The van der Waals surface area contributed by atoms with Crippen molar-refractivity contribution in [2.24, 2.45) is 0 Å². The van der Waals surface area contributed by atoms with Gasteiger partial charge in [0, 0.05) is 24.2 Å². The Morgan fingerprint density at radius 1 is 1.11 bits per heavy atom. The zero-order valence-corrected chi connectivity index (χ0v) is 15.7. The Bertz CT molecular complexity index is 910. The topological polar surface area (TPSA) is 88.9 Å². The molecular formula is C21H23N5O2. The Kier molecular flexibility index (Phi) is 6.51. The lowest BCUT2D eigenvalue weighted by molar-refractivity contribution is -0.121. The van der Waals surface area contributed by atoms with Crippen LogP contribution in [0.5, 0.6) is 0 Å². The fraction of sp³-hybridized carbons (Fsp3) is 0.238. The highest BCUT2D eigenvalue weighted by molar-refractivity contribution is 6.04. The van der Waals surface area contributed by atoms with Gasteiger partial charge in [-0.05, 0) is 43.2 Å². The van der Waals surface area contributed by atoms with Crippen LogP contribution in [0.2, 0.25) is 0 Å². The van der Waals surface area contributed by atoms with Crippen LogP contribution in [-0.4, -0.2) is 26.6 Å². The number of amides is 2. The van der Waals surface area contributed by atoms with Gasteiger partial charge in [0.25, 0.3) is 5.91 Å². The van der Waals surface area contributed by atoms with E-state index in [2.05, 4.69) is 20.7 Å². The van der Waals surface area contributed by atoms with Crippen molar-refractivity contribution >= 4 is 17.5 Å². The number of aromatic nitrogens is 3. The molecule has 2 N–H and O–H groups in total. The SMILES string of the molecule is C[C@H](NC(=O)CCCn1cncn1)c1cccc(NC(=O)c2ccccc2)c1. The van der Waals surface area contributed by atoms with Crippen LogP contribution in [0.1, 0.15) is 41.7 Å². The standard InChI is InChI=1S/C21H23N5O2/c1-16(24-20(27)11-6-12-26-15-22-14-23-26)18-9-5-10-19(13-18)25-21(28)17-7-3-2-4-8-17/h2-5,7-10,13-16H,6,11-12H2,1H3,(H,24,27)(H,25,28)/t16-/m0/s1. The van der Waals surface area contributed by atoms with Crippen LogP contribution in [-0.2, 0) is 11.3 Å². The summed E-state index contributed by atoms with van der Waals surface area (Å²) in [5.74, 6) is -0.186. The lowest BCUT2D eigenvalue weighted by Gasteiger charge is -2.16. The van der Waals surface area contributed by atoms with E-state index in [-0.39, 0.29) is 17.9 Å². The first-order chi connectivity index (χ1) is 13.6. The van der Waals surface area contributed by atoms with Crippen LogP contribution in [0, 0.1) is 0 Å². The molecule has 0 saturated carbocycles. The van der Waals surface area contributed by atoms with Gasteiger partial charge in [0.15, 0.2) is 0 Å². The Labute approximate surface area is 163 Å². The van der Waals surface area contributed by atoms with E-state index in [4.69, 9.17) is 0 Å². The average Bonchev–Trinajstić information content (AvgIpc) is 3.22. The molecule has 7 nitrogen and oxygen atoms in total. The van der Waals surface area contributed by atoms with Crippen molar-refractivity contribution in [1.29, 1.82) is 0 Å². The van der Waals surface area contributed by atoms with Crippen molar-refractivity contribution in [3.63, 3.8) is 0 Å². The summed E-state index contributed by atoms with van der Waals surface area (Å²) in [6, 6.07) is 16.4. The summed E-state index contributed by atoms with van der Waals surface area (Å²) in [7, 11) is 0. The molecule has 3 rings (SSSR count). The van der Waals surface area contributed by atoms with Crippen molar-refractivity contribution in [1.82, 2.24) is 20.1 Å². The molecule has 2 amide bonds. The highest BCUT2D eigenvalue weighted by Gasteiger charge is 2.11. The van der Waals surface area contributed by atoms with Crippen molar-refractivity contribution in [3.8, 4) is 0 Å². The minimum Gasteiger partial charge on any atom is -0.350 e. The summed E-state index contributed by atoms with van der Waals surface area (Å²) in [5.41, 5.74) is 2.22. The minimum atomic E-state index is -0.164. The molecular weight excluding hydrogens is 354 g/mol. The summed E-state index contributed by atoms with van der Waals surface area (Å²) in [6.07, 6.45) is 4.21. The van der Waals surface area contributed by atoms with Crippen LogP contribution in [0.4, 0.5) is 5.69 Å². The van der Waals surface area contributed by atoms with E-state index in [1.807, 2.05) is 49.4 Å². The molecule has 2 aromatic carbocycles. The number of hydrogen-bond acceptors (Lipinski definition) is 4. The van der Waals surface area contributed by atoms with Crippen LogP contribution < -0.4 is 10.6 Å². The predicted molar refractivity (Wildman–Crippen MR) is 107 cm³/mol. The van der Waals surface area contributed by atoms with Gasteiger partial charge in [0.1, 0.15) is 12.7 Å². The van der Waals surface area contributed by atoms with Gasteiger partial charge in [-0.25, -0.2) is 4.98 Å². The number of nitrogens with one attached hydrogen (secondary N) is 2. The normalized spacial score (nSPS) is 11.6. The maximum Gasteiger partial charge on any atom is 0.255 e. The van der Waals surface area contributed by atoms with Crippen LogP contribution in [0.15, 0.2) is 67.3 Å². The zero-order valence-electron chi connectivity index (χ0n) is 15.7. The van der Waals surface area contributed by atoms with Gasteiger partial charge in [0.05, 0.1) is 6.04 Å². The van der Waals surface area contributed by atoms with Gasteiger partial charge in [-0.3, -0.25) is 14.3 Å². The quantitative estimate of drug-likeness (QED) is 0.631. The number of nitrogens with zero attached hydrogens (tertiary/aromatic N) is 3. The van der Waals surface area contributed by atoms with Gasteiger partial charge in [-0.1, -0.05) is 30.3 Å². The second kappa shape index (κ2) is 9.45. The smallest absolute Gasteiger partial charge is 0.255 e. The number of rotatable bonds is 8. The van der Waals surface area contributed by atoms with E-state index < -0.39 is 0 Å². The molecule has 0 saturated heterocycles. The third kappa shape index (κ3) is 5.51. The van der Waals surface area contributed by atoms with Gasteiger partial charge in [0.2, 0.25) is 5.91 Å². The van der Waals surface area contributed by atoms with Crippen molar-refractivity contribution in [2.75, 3.05) is 5.32 Å². The molecule has 1 atom stereocenters. The third-order valence-corrected chi connectivity index (χ3v) is 4.32. The third-order valence-electron chi connectivity index (χ3n) is 4.32. The molecule has 0 radical (unpaired) electrons. The summed E-state index contributed by atoms with van der Waals surface area (Å²) < 4.78 is 1.70. The zero-order chi connectivity index (χ0) is 19.8. The van der Waals surface area contributed by atoms with E-state index in [1.165, 1.54) is 6.33 Å². The molecule has 1 aromatic heterocycles. The summed E-state index contributed by atoms with van der Waals surface area (Å²) in [4.78, 5) is 28.4. The van der Waals surface area contributed by atoms with E-state index in [1.54, 1.807) is 23.1 Å². The van der Waals surface area contributed by atoms with Crippen molar-refractivity contribution < 1.29 is 9.59 Å². The Balaban J connectivity index is 1.52. The summed E-state index contributed by atoms with van der Waals surface area (Å²) in [6.45, 7) is 2.58. The van der Waals surface area contributed by atoms with Crippen LogP contribution >= 0.6 is 0 Å². The fourth-order valence-electron chi connectivity index (χ4n) is 2.83. The molecule has 0 unspecified atom stereocenters. The number of anilines is 1. The second-order valence-corrected chi connectivity index (χ2v) is 6.50. The largest absolute Gasteiger partial charge is 0.350 e. The monoisotopic (exact) mass is 377 g/mol. The van der Waals surface area contributed by atoms with E-state index >= 15 is 0 Å². The first-order valence-corrected chi connectivity index (χ1v) is 9.20. The van der Waals surface area contributed by atoms with E-state index in [0.717, 1.165) is 5.56 Å². The highest BCUT2D eigenvalue weighted by atomic mass is 16.2. The summed E-state index contributed by atoms with van der Waals surface area (Å²) >= 11 is 0. The van der Waals surface area contributed by atoms with Gasteiger partial charge >= 0.3 is 0 Å². The maximum atomic E-state index is 12.3. The lowest BCUT2D eigenvalue weighted by Crippen LogP contribution is -2.26. The van der Waals surface area contributed by atoms with Gasteiger partial charge in [-0.15, -0.1) is 0 Å². The molecule has 0 aliphatic rings.